The Hall–Kier alpha value is -0.770. The topological polar surface area (TPSA) is 12.9 Å². The van der Waals surface area contributed by atoms with E-state index < -0.39 is 23.0 Å². The van der Waals surface area contributed by atoms with E-state index in [0.717, 1.165) is 12.3 Å². The van der Waals surface area contributed by atoms with E-state index >= 15 is 0 Å². The van der Waals surface area contributed by atoms with E-state index in [2.05, 4.69) is 4.98 Å². The van der Waals surface area contributed by atoms with Crippen molar-refractivity contribution in [3.05, 3.63) is 28.8 Å². The summed E-state index contributed by atoms with van der Waals surface area (Å²) in [6, 6.07) is 0.925. The van der Waals surface area contributed by atoms with Crippen molar-refractivity contribution in [3.63, 3.8) is 0 Å². The van der Waals surface area contributed by atoms with Gasteiger partial charge in [0.15, 0.2) is 0 Å². The number of alkyl halides is 2. The van der Waals surface area contributed by atoms with Gasteiger partial charge in [-0.1, -0.05) is 11.6 Å². The molecule has 60 valence electrons. The first-order valence-electron chi connectivity index (χ1n) is 2.71. The van der Waals surface area contributed by atoms with Gasteiger partial charge in [0.2, 0.25) is 0 Å². The number of halogens is 4. The molecule has 1 aromatic heterocycles. The van der Waals surface area contributed by atoms with Crippen LogP contribution in [0.25, 0.3) is 0 Å². The van der Waals surface area contributed by atoms with Crippen LogP contribution in [0, 0.1) is 5.82 Å². The Morgan fingerprint density at radius 3 is 2.55 bits per heavy atom. The molecule has 0 saturated carbocycles. The zero-order valence-electron chi connectivity index (χ0n) is 5.19. The van der Waals surface area contributed by atoms with Crippen LogP contribution in [-0.4, -0.2) is 4.98 Å². The first-order chi connectivity index (χ1) is 5.13. The molecule has 0 aliphatic carbocycles. The summed E-state index contributed by atoms with van der Waals surface area (Å²) in [7, 11) is 0. The predicted octanol–water partition coefficient (Wildman–Crippen LogP) is 2.81. The van der Waals surface area contributed by atoms with Crippen molar-refractivity contribution < 1.29 is 13.2 Å². The van der Waals surface area contributed by atoms with E-state index in [-0.39, 0.29) is 0 Å². The summed E-state index contributed by atoms with van der Waals surface area (Å²) in [5.74, 6) is -0.878. The fourth-order valence-corrected chi connectivity index (χ4v) is 0.782. The van der Waals surface area contributed by atoms with E-state index in [1.54, 1.807) is 0 Å². The Morgan fingerprint density at radius 2 is 2.09 bits per heavy atom. The zero-order chi connectivity index (χ0) is 8.43. The molecule has 0 N–H and O–H groups in total. The minimum Gasteiger partial charge on any atom is -0.253 e. The Morgan fingerprint density at radius 1 is 1.45 bits per heavy atom. The van der Waals surface area contributed by atoms with Gasteiger partial charge in [-0.3, -0.25) is 4.98 Å². The molecule has 0 unspecified atom stereocenters. The van der Waals surface area contributed by atoms with Crippen LogP contribution >= 0.6 is 11.6 Å². The van der Waals surface area contributed by atoms with Crippen molar-refractivity contribution in [1.29, 1.82) is 0 Å². The summed E-state index contributed by atoms with van der Waals surface area (Å²) in [4.78, 5) is 3.22. The Kier molecular flexibility index (Phi) is 2.34. The number of nitrogens with zero attached hydrogens (tertiary/aromatic N) is 1. The van der Waals surface area contributed by atoms with Gasteiger partial charge >= 0.3 is 0 Å². The van der Waals surface area contributed by atoms with Crippen molar-refractivity contribution in [1.82, 2.24) is 4.98 Å². The van der Waals surface area contributed by atoms with Crippen molar-refractivity contribution in [2.75, 3.05) is 0 Å². The highest BCUT2D eigenvalue weighted by molar-refractivity contribution is 6.31. The minimum atomic E-state index is -2.84. The second-order valence-corrected chi connectivity index (χ2v) is 2.17. The van der Waals surface area contributed by atoms with Crippen LogP contribution < -0.4 is 0 Å². The molecule has 0 aliphatic rings. The summed E-state index contributed by atoms with van der Waals surface area (Å²) in [5.41, 5.74) is -0.716. The number of hydrogen-bond donors (Lipinski definition) is 0. The molecular formula is C6H3ClF3N. The molecule has 0 amide bonds. The molecule has 0 fully saturated rings. The molecule has 1 nitrogen and oxygen atoms in total. The molecule has 11 heavy (non-hydrogen) atoms. The standard InChI is InChI=1S/C6H3ClF3N/c7-4-3(8)1-2-11-5(4)6(9)10/h1-2,6H. The maximum atomic E-state index is 12.4. The summed E-state index contributed by atoms with van der Waals surface area (Å²) < 4.78 is 36.2. The van der Waals surface area contributed by atoms with Gasteiger partial charge in [-0.2, -0.15) is 0 Å². The third-order valence-corrected chi connectivity index (χ3v) is 1.45. The summed E-state index contributed by atoms with van der Waals surface area (Å²) in [6.45, 7) is 0. The second kappa shape index (κ2) is 3.09. The van der Waals surface area contributed by atoms with E-state index in [1.165, 1.54) is 0 Å². The van der Waals surface area contributed by atoms with Crippen LogP contribution in [-0.2, 0) is 0 Å². The minimum absolute atomic E-state index is 0.609. The Bertz CT molecular complexity index is 264. The van der Waals surface area contributed by atoms with Crippen LogP contribution in [0.15, 0.2) is 12.3 Å². The molecule has 0 spiro atoms. The van der Waals surface area contributed by atoms with E-state index in [1.807, 2.05) is 0 Å². The van der Waals surface area contributed by atoms with Gasteiger partial charge in [0.05, 0.1) is 0 Å². The van der Waals surface area contributed by atoms with E-state index in [4.69, 9.17) is 11.6 Å². The predicted molar refractivity (Wildman–Crippen MR) is 34.2 cm³/mol. The molecule has 0 radical (unpaired) electrons. The fourth-order valence-electron chi connectivity index (χ4n) is 0.587. The third kappa shape index (κ3) is 1.63. The number of aromatic nitrogens is 1. The zero-order valence-corrected chi connectivity index (χ0v) is 5.95. The number of rotatable bonds is 1. The number of pyridine rings is 1. The number of hydrogen-bond acceptors (Lipinski definition) is 1. The fraction of sp³-hybridized carbons (Fsp3) is 0.167. The third-order valence-electron chi connectivity index (χ3n) is 1.08. The maximum absolute atomic E-state index is 12.4. The van der Waals surface area contributed by atoms with Gasteiger partial charge < -0.3 is 0 Å². The molecule has 1 heterocycles. The first-order valence-corrected chi connectivity index (χ1v) is 3.08. The average molecular weight is 182 g/mol. The van der Waals surface area contributed by atoms with Crippen molar-refractivity contribution in [3.8, 4) is 0 Å². The molecule has 5 heteroatoms. The molecule has 1 aromatic rings. The highest BCUT2D eigenvalue weighted by Crippen LogP contribution is 2.26. The lowest BCUT2D eigenvalue weighted by atomic mass is 10.3. The maximum Gasteiger partial charge on any atom is 0.281 e. The normalized spacial score (nSPS) is 10.6. The summed E-state index contributed by atoms with van der Waals surface area (Å²) >= 11 is 5.17. The second-order valence-electron chi connectivity index (χ2n) is 1.79. The van der Waals surface area contributed by atoms with Gasteiger partial charge in [0.1, 0.15) is 16.5 Å². The molecular weight excluding hydrogens is 179 g/mol. The van der Waals surface area contributed by atoms with Gasteiger partial charge in [-0.05, 0) is 6.07 Å². The van der Waals surface area contributed by atoms with Crippen molar-refractivity contribution in [2.45, 2.75) is 6.43 Å². The lowest BCUT2D eigenvalue weighted by molar-refractivity contribution is 0.145. The molecule has 1 rings (SSSR count). The van der Waals surface area contributed by atoms with E-state index in [9.17, 15) is 13.2 Å². The molecule has 0 bridgehead atoms. The lowest BCUT2D eigenvalue weighted by Crippen LogP contribution is -1.92. The van der Waals surface area contributed by atoms with Crippen molar-refractivity contribution in [2.24, 2.45) is 0 Å². The van der Waals surface area contributed by atoms with Gasteiger partial charge in [0.25, 0.3) is 6.43 Å². The Balaban J connectivity index is 3.17. The molecule has 0 atom stereocenters. The smallest absolute Gasteiger partial charge is 0.253 e. The molecule has 0 aromatic carbocycles. The SMILES string of the molecule is Fc1ccnc(C(F)F)c1Cl. The van der Waals surface area contributed by atoms with Crippen LogP contribution in [0.2, 0.25) is 5.02 Å². The van der Waals surface area contributed by atoms with Crippen molar-refractivity contribution >= 4 is 11.6 Å². The largest absolute Gasteiger partial charge is 0.281 e. The van der Waals surface area contributed by atoms with Crippen LogP contribution in [0.3, 0.4) is 0 Å². The van der Waals surface area contributed by atoms with Crippen LogP contribution in [0.1, 0.15) is 12.1 Å². The van der Waals surface area contributed by atoms with Gasteiger partial charge in [-0.15, -0.1) is 0 Å². The summed E-state index contributed by atoms with van der Waals surface area (Å²) in [5, 5.41) is -0.609. The van der Waals surface area contributed by atoms with Gasteiger partial charge in [-0.25, -0.2) is 13.2 Å². The highest BCUT2D eigenvalue weighted by atomic mass is 35.5. The van der Waals surface area contributed by atoms with Crippen LogP contribution in [0.5, 0.6) is 0 Å². The summed E-state index contributed by atoms with van der Waals surface area (Å²) in [6.07, 6.45) is -1.89. The molecule has 0 saturated heterocycles. The first kappa shape index (κ1) is 8.33. The highest BCUT2D eigenvalue weighted by Gasteiger charge is 2.15. The Labute approximate surface area is 65.8 Å². The average Bonchev–Trinajstić information content (AvgIpc) is 1.94. The van der Waals surface area contributed by atoms with Gasteiger partial charge in [0, 0.05) is 6.20 Å². The molecule has 0 aliphatic heterocycles. The quantitative estimate of drug-likeness (QED) is 0.649. The van der Waals surface area contributed by atoms with E-state index in [0.29, 0.717) is 0 Å². The monoisotopic (exact) mass is 181 g/mol. The lowest BCUT2D eigenvalue weighted by Gasteiger charge is -2.00. The van der Waals surface area contributed by atoms with Crippen LogP contribution in [0.4, 0.5) is 13.2 Å².